The summed E-state index contributed by atoms with van der Waals surface area (Å²) in [5, 5.41) is 4.46. The third-order valence-corrected chi connectivity index (χ3v) is 2.37. The molecule has 0 aromatic carbocycles. The largest absolute Gasteiger partial charge is 0.228 e. The smallest absolute Gasteiger partial charge is 0.219 e. The van der Waals surface area contributed by atoms with E-state index in [9.17, 15) is 8.42 Å². The Morgan fingerprint density at radius 3 is 1.83 bits per heavy atom. The van der Waals surface area contributed by atoms with Crippen LogP contribution in [0.5, 0.6) is 0 Å². The lowest BCUT2D eigenvalue weighted by Crippen LogP contribution is -2.11. The van der Waals surface area contributed by atoms with Crippen molar-refractivity contribution < 1.29 is 8.42 Å². The van der Waals surface area contributed by atoms with Crippen LogP contribution in [0, 0.1) is 0 Å². The van der Waals surface area contributed by atoms with Crippen LogP contribution in [0.4, 0.5) is 0 Å². The number of alkyl halides is 1. The van der Waals surface area contributed by atoms with Gasteiger partial charge in [0.05, 0.1) is 0 Å². The summed E-state index contributed by atoms with van der Waals surface area (Å²) in [6.07, 6.45) is 0. The molecule has 0 aliphatic rings. The van der Waals surface area contributed by atoms with Crippen LogP contribution in [0.15, 0.2) is 0 Å². The van der Waals surface area contributed by atoms with Gasteiger partial charge in [0, 0.05) is 0 Å². The molecule has 5 heteroatoms. The van der Waals surface area contributed by atoms with E-state index >= 15 is 0 Å². The molecule has 0 aromatic rings. The normalized spacial score (nSPS) is 11.7. The Morgan fingerprint density at radius 1 is 1.67 bits per heavy atom. The molecular weight excluding hydrogens is 170 g/mol. The van der Waals surface area contributed by atoms with Crippen LogP contribution in [0.2, 0.25) is 0 Å². The van der Waals surface area contributed by atoms with Crippen LogP contribution >= 0.6 is 15.9 Å². The first-order chi connectivity index (χ1) is 2.56. The van der Waals surface area contributed by atoms with Crippen LogP contribution in [0.25, 0.3) is 0 Å². The Morgan fingerprint density at radius 2 is 1.83 bits per heavy atom. The van der Waals surface area contributed by atoms with Crippen LogP contribution < -0.4 is 5.14 Å². The lowest BCUT2D eigenvalue weighted by atomic mass is 11.9. The van der Waals surface area contributed by atoms with Crippen LogP contribution in [-0.2, 0) is 10.0 Å². The van der Waals surface area contributed by atoms with Crippen molar-refractivity contribution in [2.24, 2.45) is 5.14 Å². The van der Waals surface area contributed by atoms with Gasteiger partial charge in [0.25, 0.3) is 0 Å². The lowest BCUT2D eigenvalue weighted by Gasteiger charge is -1.80. The van der Waals surface area contributed by atoms with Crippen LogP contribution in [0.1, 0.15) is 0 Å². The first-order valence-electron chi connectivity index (χ1n) is 1.12. The molecule has 0 spiro atoms. The second-order valence-electron chi connectivity index (χ2n) is 0.772. The van der Waals surface area contributed by atoms with Gasteiger partial charge in [-0.15, -0.1) is 0 Å². The van der Waals surface area contributed by atoms with E-state index < -0.39 is 10.0 Å². The minimum Gasteiger partial charge on any atom is -0.228 e. The Bertz CT molecular complexity index is 116. The molecule has 0 rings (SSSR count). The van der Waals surface area contributed by atoms with Gasteiger partial charge in [-0.2, -0.15) is 0 Å². The molecule has 0 heterocycles. The molecule has 6 heavy (non-hydrogen) atoms. The maximum absolute atomic E-state index is 9.73. The predicted molar refractivity (Wildman–Crippen MR) is 26.9 cm³/mol. The second kappa shape index (κ2) is 1.90. The maximum Gasteiger partial charge on any atom is 0.219 e. The number of primary sulfonamides is 1. The van der Waals surface area contributed by atoms with Gasteiger partial charge in [-0.05, 0) is 0 Å². The zero-order valence-electron chi connectivity index (χ0n) is 2.89. The fourth-order valence-electron chi connectivity index (χ4n) is 0. The van der Waals surface area contributed by atoms with E-state index in [0.717, 1.165) is 0 Å². The standard InChI is InChI=1S/CH4BrNO2S/c2-1-6(3,4)5/h1H2,(H2,3,4,5). The van der Waals surface area contributed by atoms with Gasteiger partial charge in [0.1, 0.15) is 4.66 Å². The molecule has 38 valence electrons. The number of hydrogen-bond acceptors (Lipinski definition) is 2. The molecule has 0 aromatic heterocycles. The summed E-state index contributed by atoms with van der Waals surface area (Å²) >= 11 is 2.66. The third kappa shape index (κ3) is 4.39. The van der Waals surface area contributed by atoms with Crippen molar-refractivity contribution in [3.8, 4) is 0 Å². The fourth-order valence-corrected chi connectivity index (χ4v) is 0. The number of sulfonamides is 1. The average molecular weight is 174 g/mol. The zero-order chi connectivity index (χ0) is 5.21. The molecule has 3 nitrogen and oxygen atoms in total. The number of nitrogens with two attached hydrogens (primary N) is 1. The molecule has 0 aliphatic carbocycles. The summed E-state index contributed by atoms with van der Waals surface area (Å²) in [6, 6.07) is 0. The fraction of sp³-hybridized carbons (Fsp3) is 1.00. The summed E-state index contributed by atoms with van der Waals surface area (Å²) in [6.45, 7) is 0. The summed E-state index contributed by atoms with van der Waals surface area (Å²) in [7, 11) is -3.25. The molecule has 0 aliphatic heterocycles. The number of halogens is 1. The van der Waals surface area contributed by atoms with Crippen LogP contribution in [-0.4, -0.2) is 13.1 Å². The molecule has 0 saturated carbocycles. The molecule has 2 N–H and O–H groups in total. The minimum absolute atomic E-state index is 0.167. The first kappa shape index (κ1) is 6.39. The Labute approximate surface area is 44.7 Å². The SMILES string of the molecule is NS(=O)(=O)CBr. The van der Waals surface area contributed by atoms with E-state index in [2.05, 4.69) is 21.1 Å². The zero-order valence-corrected chi connectivity index (χ0v) is 5.29. The highest BCUT2D eigenvalue weighted by Crippen LogP contribution is 1.82. The molecule has 0 atom stereocenters. The van der Waals surface area contributed by atoms with Gasteiger partial charge in [0.15, 0.2) is 0 Å². The lowest BCUT2D eigenvalue weighted by molar-refractivity contribution is 0.602. The van der Waals surface area contributed by atoms with E-state index in [4.69, 9.17) is 0 Å². The van der Waals surface area contributed by atoms with E-state index in [1.165, 1.54) is 0 Å². The van der Waals surface area contributed by atoms with Crippen molar-refractivity contribution in [1.82, 2.24) is 0 Å². The highest BCUT2D eigenvalue weighted by Gasteiger charge is 1.92. The van der Waals surface area contributed by atoms with Gasteiger partial charge < -0.3 is 0 Å². The van der Waals surface area contributed by atoms with E-state index in [0.29, 0.717) is 0 Å². The van der Waals surface area contributed by atoms with Crippen molar-refractivity contribution in [2.75, 3.05) is 4.66 Å². The molecule has 0 amide bonds. The minimum atomic E-state index is -3.25. The molecular formula is CH4BrNO2S. The maximum atomic E-state index is 9.73. The Balaban J connectivity index is 3.85. The number of rotatable bonds is 1. The van der Waals surface area contributed by atoms with Crippen molar-refractivity contribution in [2.45, 2.75) is 0 Å². The van der Waals surface area contributed by atoms with Crippen molar-refractivity contribution in [3.63, 3.8) is 0 Å². The molecule has 0 fully saturated rings. The van der Waals surface area contributed by atoms with Gasteiger partial charge in [-0.1, -0.05) is 15.9 Å². The molecule has 0 bridgehead atoms. The summed E-state index contributed by atoms with van der Waals surface area (Å²) < 4.78 is 19.3. The summed E-state index contributed by atoms with van der Waals surface area (Å²) in [4.78, 5) is 0. The van der Waals surface area contributed by atoms with Gasteiger partial charge in [-0.3, -0.25) is 0 Å². The van der Waals surface area contributed by atoms with E-state index in [1.807, 2.05) is 0 Å². The van der Waals surface area contributed by atoms with E-state index in [-0.39, 0.29) is 4.66 Å². The number of hydrogen-bond donors (Lipinski definition) is 1. The van der Waals surface area contributed by atoms with Crippen molar-refractivity contribution in [3.05, 3.63) is 0 Å². The van der Waals surface area contributed by atoms with Crippen molar-refractivity contribution >= 4 is 26.0 Å². The highest BCUT2D eigenvalue weighted by molar-refractivity contribution is 9.10. The van der Waals surface area contributed by atoms with E-state index in [1.54, 1.807) is 0 Å². The topological polar surface area (TPSA) is 60.2 Å². The molecule has 0 unspecified atom stereocenters. The highest BCUT2D eigenvalue weighted by atomic mass is 79.9. The van der Waals surface area contributed by atoms with Crippen molar-refractivity contribution in [1.29, 1.82) is 0 Å². The Hall–Kier alpha value is 0.390. The summed E-state index contributed by atoms with van der Waals surface area (Å²) in [5.41, 5.74) is 0. The molecule has 0 radical (unpaired) electrons. The van der Waals surface area contributed by atoms with Gasteiger partial charge in [0.2, 0.25) is 10.0 Å². The van der Waals surface area contributed by atoms with Gasteiger partial charge in [-0.25, -0.2) is 13.6 Å². The molecule has 0 saturated heterocycles. The van der Waals surface area contributed by atoms with Crippen LogP contribution in [0.3, 0.4) is 0 Å². The van der Waals surface area contributed by atoms with Gasteiger partial charge >= 0.3 is 0 Å². The Kier molecular flexibility index (Phi) is 2.03. The quantitative estimate of drug-likeness (QED) is 0.551. The predicted octanol–water partition coefficient (Wildman–Crippen LogP) is -0.373. The monoisotopic (exact) mass is 173 g/mol. The average Bonchev–Trinajstić information content (AvgIpc) is 1.35. The summed E-state index contributed by atoms with van der Waals surface area (Å²) in [5.74, 6) is 0. The first-order valence-corrected chi connectivity index (χ1v) is 3.96. The third-order valence-electron chi connectivity index (χ3n) is 0.152. The second-order valence-corrected chi connectivity index (χ2v) is 3.69.